The van der Waals surface area contributed by atoms with E-state index in [1.54, 1.807) is 12.3 Å². The van der Waals surface area contributed by atoms with E-state index in [1.807, 2.05) is 13.1 Å². The molecule has 0 bridgehead atoms. The number of ether oxygens (including phenoxy) is 1. The second kappa shape index (κ2) is 6.53. The van der Waals surface area contributed by atoms with Crippen molar-refractivity contribution in [2.75, 3.05) is 20.3 Å². The maximum absolute atomic E-state index is 5.56. The summed E-state index contributed by atoms with van der Waals surface area (Å²) in [4.78, 5) is 4.33. The van der Waals surface area contributed by atoms with Gasteiger partial charge in [-0.2, -0.15) is 0 Å². The summed E-state index contributed by atoms with van der Waals surface area (Å²) in [5.74, 6) is 1.20. The highest BCUT2D eigenvalue weighted by Gasteiger charge is 2.38. The number of allylic oxidation sites excluding steroid dienone is 4. The Morgan fingerprint density at radius 2 is 2.26 bits per heavy atom. The van der Waals surface area contributed by atoms with E-state index in [4.69, 9.17) is 10.5 Å². The minimum atomic E-state index is 0.585. The molecule has 2 atom stereocenters. The highest BCUT2D eigenvalue weighted by Crippen LogP contribution is 2.46. The molecule has 0 heterocycles. The van der Waals surface area contributed by atoms with Gasteiger partial charge in [0.1, 0.15) is 0 Å². The molecule has 1 fully saturated rings. The zero-order chi connectivity index (χ0) is 13.7. The number of hydrogen-bond acceptors (Lipinski definition) is 3. The van der Waals surface area contributed by atoms with Crippen LogP contribution in [0.2, 0.25) is 0 Å². The molecule has 3 heteroatoms. The summed E-state index contributed by atoms with van der Waals surface area (Å²) in [5.41, 5.74) is 9.19. The van der Waals surface area contributed by atoms with Crippen molar-refractivity contribution in [2.45, 2.75) is 12.8 Å². The van der Waals surface area contributed by atoms with Gasteiger partial charge in [-0.25, -0.2) is 0 Å². The molecular formula is C16H22N2O. The van der Waals surface area contributed by atoms with Gasteiger partial charge in [0.05, 0.1) is 18.9 Å². The van der Waals surface area contributed by atoms with Crippen LogP contribution >= 0.6 is 0 Å². The summed E-state index contributed by atoms with van der Waals surface area (Å²) < 4.78 is 5.56. The fourth-order valence-corrected chi connectivity index (χ4v) is 2.84. The van der Waals surface area contributed by atoms with Crippen LogP contribution in [0.3, 0.4) is 0 Å². The molecule has 0 spiro atoms. The van der Waals surface area contributed by atoms with Gasteiger partial charge in [0.25, 0.3) is 0 Å². The van der Waals surface area contributed by atoms with Crippen molar-refractivity contribution in [3.63, 3.8) is 0 Å². The molecule has 0 radical (unpaired) electrons. The summed E-state index contributed by atoms with van der Waals surface area (Å²) in [7, 11) is 1.82. The number of rotatable bonds is 6. The van der Waals surface area contributed by atoms with Crippen molar-refractivity contribution >= 4 is 5.71 Å². The summed E-state index contributed by atoms with van der Waals surface area (Å²) in [6.45, 7) is 4.99. The third kappa shape index (κ3) is 2.87. The fraction of sp³-hybridized carbons (Fsp3) is 0.438. The molecular weight excluding hydrogens is 236 g/mol. The van der Waals surface area contributed by atoms with E-state index in [1.165, 1.54) is 24.0 Å². The van der Waals surface area contributed by atoms with Gasteiger partial charge in [0.2, 0.25) is 0 Å². The topological polar surface area (TPSA) is 47.6 Å². The minimum Gasteiger partial charge on any atom is -0.405 e. The van der Waals surface area contributed by atoms with E-state index >= 15 is 0 Å². The van der Waals surface area contributed by atoms with E-state index in [-0.39, 0.29) is 0 Å². The van der Waals surface area contributed by atoms with Gasteiger partial charge in [-0.1, -0.05) is 18.2 Å². The van der Waals surface area contributed by atoms with Crippen LogP contribution in [0.5, 0.6) is 0 Å². The van der Waals surface area contributed by atoms with Gasteiger partial charge in [-0.15, -0.1) is 6.58 Å². The van der Waals surface area contributed by atoms with Gasteiger partial charge in [-0.05, 0) is 48.1 Å². The molecule has 2 aliphatic rings. The number of hydrogen-bond donors (Lipinski definition) is 1. The molecule has 0 aromatic rings. The summed E-state index contributed by atoms with van der Waals surface area (Å²) in [5, 5.41) is 0. The van der Waals surface area contributed by atoms with Crippen LogP contribution in [0.25, 0.3) is 0 Å². The van der Waals surface area contributed by atoms with E-state index in [0.29, 0.717) is 25.0 Å². The molecule has 2 unspecified atom stereocenters. The lowest BCUT2D eigenvalue weighted by Gasteiger charge is -2.42. The SMILES string of the molecule is C=CCOCC1=CC=C(C(/C=C\N)=NC)C2CCC12. The molecule has 0 aromatic heterocycles. The van der Waals surface area contributed by atoms with Crippen molar-refractivity contribution in [1.29, 1.82) is 0 Å². The maximum atomic E-state index is 5.56. The monoisotopic (exact) mass is 258 g/mol. The van der Waals surface area contributed by atoms with Crippen molar-refractivity contribution in [3.8, 4) is 0 Å². The molecule has 0 amide bonds. The van der Waals surface area contributed by atoms with Gasteiger partial charge >= 0.3 is 0 Å². The molecule has 0 saturated heterocycles. The first-order valence-electron chi connectivity index (χ1n) is 6.76. The summed E-state index contributed by atoms with van der Waals surface area (Å²) in [6.07, 6.45) is 12.1. The maximum Gasteiger partial charge on any atom is 0.0687 e. The zero-order valence-electron chi connectivity index (χ0n) is 11.5. The normalized spacial score (nSPS) is 26.5. The van der Waals surface area contributed by atoms with Gasteiger partial charge in [0, 0.05) is 7.05 Å². The van der Waals surface area contributed by atoms with Crippen LogP contribution in [0.1, 0.15) is 12.8 Å². The molecule has 2 rings (SSSR count). The van der Waals surface area contributed by atoms with Crippen LogP contribution in [-0.2, 0) is 4.74 Å². The number of aliphatic imine (C=N–C) groups is 1. The second-order valence-electron chi connectivity index (χ2n) is 4.93. The Kier molecular flexibility index (Phi) is 4.74. The first-order valence-corrected chi connectivity index (χ1v) is 6.76. The number of nitrogens with zero attached hydrogens (tertiary/aromatic N) is 1. The lowest BCUT2D eigenvalue weighted by atomic mass is 9.63. The van der Waals surface area contributed by atoms with Gasteiger partial charge < -0.3 is 10.5 Å². The van der Waals surface area contributed by atoms with E-state index in [9.17, 15) is 0 Å². The predicted molar refractivity (Wildman–Crippen MR) is 80.1 cm³/mol. The average Bonchev–Trinajstić information content (AvgIpc) is 2.38. The van der Waals surface area contributed by atoms with Gasteiger partial charge in [-0.3, -0.25) is 4.99 Å². The molecule has 0 aromatic carbocycles. The van der Waals surface area contributed by atoms with E-state index < -0.39 is 0 Å². The van der Waals surface area contributed by atoms with Crippen molar-refractivity contribution in [1.82, 2.24) is 0 Å². The smallest absolute Gasteiger partial charge is 0.0687 e. The van der Waals surface area contributed by atoms with Gasteiger partial charge in [0.15, 0.2) is 0 Å². The zero-order valence-corrected chi connectivity index (χ0v) is 11.5. The van der Waals surface area contributed by atoms with Crippen molar-refractivity contribution in [2.24, 2.45) is 22.6 Å². The quantitative estimate of drug-likeness (QED) is 0.452. The molecule has 1 saturated carbocycles. The Balaban J connectivity index is 2.12. The standard InChI is InChI=1S/C16H22N2O/c1-3-10-19-11-12-4-5-15(14-7-6-13(12)14)16(18-2)8-9-17/h3-5,8-9,13-14H,1,6-7,10-11,17H2,2H3/b9-8-,18-16?. The third-order valence-corrected chi connectivity index (χ3v) is 3.92. The molecule has 3 nitrogen and oxygen atoms in total. The highest BCUT2D eigenvalue weighted by atomic mass is 16.5. The summed E-state index contributed by atoms with van der Waals surface area (Å²) in [6, 6.07) is 0. The lowest BCUT2D eigenvalue weighted by molar-refractivity contribution is 0.155. The predicted octanol–water partition coefficient (Wildman–Crippen LogP) is 2.62. The van der Waals surface area contributed by atoms with E-state index in [2.05, 4.69) is 23.7 Å². The van der Waals surface area contributed by atoms with Crippen LogP contribution in [0, 0.1) is 11.8 Å². The molecule has 0 aliphatic heterocycles. The number of fused-ring (bicyclic) bond motifs is 1. The minimum absolute atomic E-state index is 0.585. The Morgan fingerprint density at radius 3 is 2.84 bits per heavy atom. The Hall–Kier alpha value is -1.61. The van der Waals surface area contributed by atoms with Crippen LogP contribution in [0.15, 0.2) is 53.2 Å². The largest absolute Gasteiger partial charge is 0.405 e. The van der Waals surface area contributed by atoms with Crippen LogP contribution in [0.4, 0.5) is 0 Å². The highest BCUT2D eigenvalue weighted by molar-refractivity contribution is 6.09. The van der Waals surface area contributed by atoms with E-state index in [0.717, 1.165) is 5.71 Å². The second-order valence-corrected chi connectivity index (χ2v) is 4.93. The summed E-state index contributed by atoms with van der Waals surface area (Å²) >= 11 is 0. The van der Waals surface area contributed by atoms with Crippen molar-refractivity contribution in [3.05, 3.63) is 48.2 Å². The molecule has 102 valence electrons. The van der Waals surface area contributed by atoms with Crippen LogP contribution in [-0.4, -0.2) is 26.0 Å². The lowest BCUT2D eigenvalue weighted by Crippen LogP contribution is -2.34. The molecule has 2 aliphatic carbocycles. The van der Waals surface area contributed by atoms with Crippen molar-refractivity contribution < 1.29 is 4.74 Å². The Bertz CT molecular complexity index is 457. The van der Waals surface area contributed by atoms with Crippen LogP contribution < -0.4 is 5.73 Å². The molecule has 19 heavy (non-hydrogen) atoms. The Labute approximate surface area is 115 Å². The molecule has 2 N–H and O–H groups in total. The average molecular weight is 258 g/mol. The first kappa shape index (κ1) is 13.8. The number of nitrogens with two attached hydrogens (primary N) is 1. The third-order valence-electron chi connectivity index (χ3n) is 3.92. The Morgan fingerprint density at radius 1 is 1.47 bits per heavy atom. The first-order chi connectivity index (χ1) is 9.31. The fourth-order valence-electron chi connectivity index (χ4n) is 2.84.